The van der Waals surface area contributed by atoms with E-state index in [1.807, 2.05) is 0 Å². The normalized spacial score (nSPS) is 10.9. The largest absolute Gasteiger partial charge is 0.497 e. The van der Waals surface area contributed by atoms with Gasteiger partial charge in [-0.25, -0.2) is 8.42 Å². The Hall–Kier alpha value is -2.67. The highest BCUT2D eigenvalue weighted by Crippen LogP contribution is 2.15. The number of carbonyl (C=O) groups is 2. The number of carbonyl (C=O) groups excluding carboxylic acids is 2. The fraction of sp³-hybridized carbons (Fsp3) is 0.176. The predicted molar refractivity (Wildman–Crippen MR) is 91.1 cm³/mol. The fourth-order valence-corrected chi connectivity index (χ4v) is 3.17. The number of ketones is 1. The molecule has 0 aliphatic carbocycles. The molecule has 7 heteroatoms. The smallest absolute Gasteiger partial charge is 0.239 e. The maximum absolute atomic E-state index is 12.0. The molecule has 0 heterocycles. The minimum Gasteiger partial charge on any atom is -0.497 e. The minimum atomic E-state index is -3.85. The quantitative estimate of drug-likeness (QED) is 0.773. The summed E-state index contributed by atoms with van der Waals surface area (Å²) in [5, 5.41) is 2.48. The van der Waals surface area contributed by atoms with Gasteiger partial charge in [0.2, 0.25) is 5.91 Å². The molecule has 1 N–H and O–H groups in total. The van der Waals surface area contributed by atoms with Gasteiger partial charge in [-0.3, -0.25) is 9.59 Å². The molecule has 24 heavy (non-hydrogen) atoms. The van der Waals surface area contributed by atoms with Gasteiger partial charge in [-0.2, -0.15) is 0 Å². The van der Waals surface area contributed by atoms with Crippen molar-refractivity contribution >= 4 is 27.2 Å². The summed E-state index contributed by atoms with van der Waals surface area (Å²) in [5.41, 5.74) is 0.752. The average Bonchev–Trinajstić information content (AvgIpc) is 2.55. The summed E-state index contributed by atoms with van der Waals surface area (Å²) in [6.45, 7) is 0. The summed E-state index contributed by atoms with van der Waals surface area (Å²) in [7, 11) is -2.33. The van der Waals surface area contributed by atoms with Crippen LogP contribution < -0.4 is 10.1 Å². The van der Waals surface area contributed by atoms with Crippen molar-refractivity contribution in [2.75, 3.05) is 23.9 Å². The van der Waals surface area contributed by atoms with Gasteiger partial charge in [0.25, 0.3) is 0 Å². The number of ether oxygens (including phenoxy) is 1. The van der Waals surface area contributed by atoms with Crippen LogP contribution in [-0.2, 0) is 14.6 Å². The third kappa shape index (κ3) is 5.20. The number of hydrogen-bond donors (Lipinski definition) is 1. The fourth-order valence-electron chi connectivity index (χ4n) is 2.03. The molecule has 0 saturated carbocycles. The van der Waals surface area contributed by atoms with Crippen LogP contribution in [0.4, 0.5) is 5.69 Å². The zero-order valence-corrected chi connectivity index (χ0v) is 13.9. The Labute approximate surface area is 140 Å². The van der Waals surface area contributed by atoms with Crippen molar-refractivity contribution in [2.45, 2.75) is 0 Å². The molecule has 0 aromatic heterocycles. The molecule has 2 rings (SSSR count). The van der Waals surface area contributed by atoms with Gasteiger partial charge in [0, 0.05) is 11.3 Å². The number of Topliss-reactive ketones (excluding diaryl/α,β-unsaturated/α-hetero) is 1. The summed E-state index contributed by atoms with van der Waals surface area (Å²) in [6.07, 6.45) is 0. The van der Waals surface area contributed by atoms with Crippen molar-refractivity contribution in [3.8, 4) is 5.75 Å². The summed E-state index contributed by atoms with van der Waals surface area (Å²) in [6, 6.07) is 14.6. The zero-order chi connectivity index (χ0) is 17.6. The molecular weight excluding hydrogens is 330 g/mol. The van der Waals surface area contributed by atoms with Crippen LogP contribution >= 0.6 is 0 Å². The van der Waals surface area contributed by atoms with Crippen LogP contribution in [0.1, 0.15) is 10.4 Å². The number of rotatable bonds is 7. The Morgan fingerprint density at radius 1 is 0.958 bits per heavy atom. The summed E-state index contributed by atoms with van der Waals surface area (Å²) < 4.78 is 29.0. The van der Waals surface area contributed by atoms with Crippen LogP contribution in [0.25, 0.3) is 0 Å². The second kappa shape index (κ2) is 7.74. The lowest BCUT2D eigenvalue weighted by Gasteiger charge is -2.07. The van der Waals surface area contributed by atoms with Crippen LogP contribution in [-0.4, -0.2) is 38.7 Å². The average molecular weight is 347 g/mol. The predicted octanol–water partition coefficient (Wildman–Crippen LogP) is 1.93. The number of methoxy groups -OCH3 is 1. The van der Waals surface area contributed by atoms with Gasteiger partial charge in [-0.05, 0) is 24.3 Å². The molecule has 0 bridgehead atoms. The first kappa shape index (κ1) is 17.7. The lowest BCUT2D eigenvalue weighted by Crippen LogP contribution is -2.27. The standard InChI is InChI=1S/C17H17NO5S/c1-23-15-9-7-14(8-10-15)18-17(20)12-24(21,22)11-16(19)13-5-3-2-4-6-13/h2-10H,11-12H2,1H3,(H,18,20). The van der Waals surface area contributed by atoms with E-state index in [1.54, 1.807) is 42.5 Å². The van der Waals surface area contributed by atoms with Crippen LogP contribution in [0.5, 0.6) is 5.75 Å². The van der Waals surface area contributed by atoms with Gasteiger partial charge in [-0.15, -0.1) is 0 Å². The Balaban J connectivity index is 1.95. The maximum atomic E-state index is 12.0. The third-order valence-electron chi connectivity index (χ3n) is 3.17. The molecule has 0 aliphatic heterocycles. The number of sulfone groups is 1. The summed E-state index contributed by atoms with van der Waals surface area (Å²) in [4.78, 5) is 23.8. The molecule has 2 aromatic rings. The van der Waals surface area contributed by atoms with E-state index in [0.29, 0.717) is 17.0 Å². The van der Waals surface area contributed by atoms with Crippen molar-refractivity contribution in [2.24, 2.45) is 0 Å². The van der Waals surface area contributed by atoms with E-state index in [4.69, 9.17) is 4.74 Å². The summed E-state index contributed by atoms with van der Waals surface area (Å²) in [5.74, 6) is -2.06. The molecule has 0 saturated heterocycles. The van der Waals surface area contributed by atoms with Crippen LogP contribution in [0, 0.1) is 0 Å². The molecule has 0 spiro atoms. The number of benzene rings is 2. The van der Waals surface area contributed by atoms with Crippen molar-refractivity contribution in [3.05, 3.63) is 60.2 Å². The third-order valence-corrected chi connectivity index (χ3v) is 4.58. The summed E-state index contributed by atoms with van der Waals surface area (Å²) >= 11 is 0. The highest BCUT2D eigenvalue weighted by molar-refractivity contribution is 7.92. The van der Waals surface area contributed by atoms with Gasteiger partial charge >= 0.3 is 0 Å². The van der Waals surface area contributed by atoms with E-state index < -0.39 is 33.0 Å². The number of hydrogen-bond acceptors (Lipinski definition) is 5. The molecular formula is C17H17NO5S. The number of amides is 1. The lowest BCUT2D eigenvalue weighted by molar-refractivity contribution is -0.113. The van der Waals surface area contributed by atoms with Crippen LogP contribution in [0.15, 0.2) is 54.6 Å². The first-order valence-electron chi connectivity index (χ1n) is 7.12. The molecule has 126 valence electrons. The van der Waals surface area contributed by atoms with E-state index in [9.17, 15) is 18.0 Å². The Kier molecular flexibility index (Phi) is 5.70. The number of anilines is 1. The molecule has 0 aliphatic rings. The van der Waals surface area contributed by atoms with Crippen molar-refractivity contribution in [1.29, 1.82) is 0 Å². The van der Waals surface area contributed by atoms with E-state index in [2.05, 4.69) is 5.32 Å². The molecule has 0 atom stereocenters. The van der Waals surface area contributed by atoms with Gasteiger partial charge in [-0.1, -0.05) is 30.3 Å². The van der Waals surface area contributed by atoms with Crippen LogP contribution in [0.3, 0.4) is 0 Å². The van der Waals surface area contributed by atoms with E-state index >= 15 is 0 Å². The Morgan fingerprint density at radius 3 is 2.17 bits per heavy atom. The number of nitrogens with one attached hydrogen (secondary N) is 1. The lowest BCUT2D eigenvalue weighted by atomic mass is 10.2. The van der Waals surface area contributed by atoms with Crippen molar-refractivity contribution in [3.63, 3.8) is 0 Å². The van der Waals surface area contributed by atoms with E-state index in [-0.39, 0.29) is 0 Å². The first-order valence-corrected chi connectivity index (χ1v) is 8.94. The maximum Gasteiger partial charge on any atom is 0.239 e. The monoisotopic (exact) mass is 347 g/mol. The van der Waals surface area contributed by atoms with E-state index in [0.717, 1.165) is 0 Å². The molecule has 6 nitrogen and oxygen atoms in total. The zero-order valence-electron chi connectivity index (χ0n) is 13.1. The van der Waals surface area contributed by atoms with Crippen molar-refractivity contribution < 1.29 is 22.7 Å². The molecule has 0 fully saturated rings. The first-order chi connectivity index (χ1) is 11.4. The molecule has 2 aromatic carbocycles. The topological polar surface area (TPSA) is 89.5 Å². The Bertz CT molecular complexity index is 814. The minimum absolute atomic E-state index is 0.302. The van der Waals surface area contributed by atoms with Gasteiger partial charge in [0.15, 0.2) is 15.6 Å². The van der Waals surface area contributed by atoms with Gasteiger partial charge < -0.3 is 10.1 Å². The van der Waals surface area contributed by atoms with Gasteiger partial charge in [0.1, 0.15) is 17.3 Å². The van der Waals surface area contributed by atoms with Gasteiger partial charge in [0.05, 0.1) is 7.11 Å². The SMILES string of the molecule is COc1ccc(NC(=O)CS(=O)(=O)CC(=O)c2ccccc2)cc1. The second-order valence-electron chi connectivity index (χ2n) is 5.10. The Morgan fingerprint density at radius 2 is 1.58 bits per heavy atom. The van der Waals surface area contributed by atoms with Crippen LogP contribution in [0.2, 0.25) is 0 Å². The molecule has 1 amide bonds. The highest BCUT2D eigenvalue weighted by Gasteiger charge is 2.21. The highest BCUT2D eigenvalue weighted by atomic mass is 32.2. The van der Waals surface area contributed by atoms with Crippen molar-refractivity contribution in [1.82, 2.24) is 0 Å². The molecule has 0 radical (unpaired) electrons. The van der Waals surface area contributed by atoms with E-state index in [1.165, 1.54) is 19.2 Å². The second-order valence-corrected chi connectivity index (χ2v) is 7.16. The molecule has 0 unspecified atom stereocenters.